The van der Waals surface area contributed by atoms with Gasteiger partial charge in [-0.25, -0.2) is 9.78 Å². The van der Waals surface area contributed by atoms with Gasteiger partial charge in [0.2, 0.25) is 0 Å². The zero-order valence-electron chi connectivity index (χ0n) is 7.99. The summed E-state index contributed by atoms with van der Waals surface area (Å²) in [5, 5.41) is 10.3. The van der Waals surface area contributed by atoms with Crippen LogP contribution in [0.3, 0.4) is 0 Å². The molecule has 4 heteroatoms. The van der Waals surface area contributed by atoms with Crippen molar-refractivity contribution in [3.63, 3.8) is 0 Å². The minimum atomic E-state index is -1.02. The highest BCUT2D eigenvalue weighted by Crippen LogP contribution is 2.21. The summed E-state index contributed by atoms with van der Waals surface area (Å²) in [6, 6.07) is 6.74. The number of aromatic carboxylic acids is 1. The first-order chi connectivity index (χ1) is 7.08. The van der Waals surface area contributed by atoms with Crippen LogP contribution in [0.4, 0.5) is 0 Å². The molecule has 0 saturated carbocycles. The van der Waals surface area contributed by atoms with E-state index in [1.165, 1.54) is 0 Å². The Labute approximate surface area is 91.3 Å². The number of aryl methyl sites for hydroxylation is 1. The molecule has 0 spiro atoms. The number of carbonyl (C=O) groups is 1. The molecule has 0 bridgehead atoms. The minimum absolute atomic E-state index is 0.0577. The van der Waals surface area contributed by atoms with Crippen LogP contribution in [0.5, 0.6) is 0 Å². The summed E-state index contributed by atoms with van der Waals surface area (Å²) in [6.45, 7) is 1.84. The largest absolute Gasteiger partial charge is 0.477 e. The van der Waals surface area contributed by atoms with Crippen LogP contribution in [-0.4, -0.2) is 16.1 Å². The Morgan fingerprint density at radius 3 is 2.80 bits per heavy atom. The van der Waals surface area contributed by atoms with Crippen molar-refractivity contribution in [1.29, 1.82) is 0 Å². The van der Waals surface area contributed by atoms with Gasteiger partial charge in [-0.15, -0.1) is 0 Å². The first kappa shape index (κ1) is 9.93. The van der Waals surface area contributed by atoms with E-state index in [0.29, 0.717) is 10.5 Å². The maximum Gasteiger partial charge on any atom is 0.354 e. The average Bonchev–Trinajstić information content (AvgIpc) is 2.18. The van der Waals surface area contributed by atoms with Gasteiger partial charge < -0.3 is 5.11 Å². The molecule has 0 fully saturated rings. The number of pyridine rings is 1. The van der Waals surface area contributed by atoms with Crippen molar-refractivity contribution in [3.05, 3.63) is 40.5 Å². The van der Waals surface area contributed by atoms with Gasteiger partial charge in [-0.1, -0.05) is 11.6 Å². The fourth-order valence-corrected chi connectivity index (χ4v) is 1.65. The van der Waals surface area contributed by atoms with E-state index in [-0.39, 0.29) is 5.69 Å². The van der Waals surface area contributed by atoms with Gasteiger partial charge in [0.15, 0.2) is 0 Å². The third kappa shape index (κ3) is 1.78. The summed E-state index contributed by atoms with van der Waals surface area (Å²) < 4.78 is 0. The van der Waals surface area contributed by atoms with Crippen LogP contribution in [0.1, 0.15) is 16.1 Å². The second-order valence-corrected chi connectivity index (χ2v) is 3.73. The molecule has 0 atom stereocenters. The van der Waals surface area contributed by atoms with Gasteiger partial charge >= 0.3 is 5.97 Å². The van der Waals surface area contributed by atoms with E-state index in [1.54, 1.807) is 24.3 Å². The highest BCUT2D eigenvalue weighted by atomic mass is 35.5. The predicted octanol–water partition coefficient (Wildman–Crippen LogP) is 2.89. The number of halogens is 1. The molecule has 2 rings (SSSR count). The van der Waals surface area contributed by atoms with Crippen molar-refractivity contribution in [1.82, 2.24) is 4.98 Å². The van der Waals surface area contributed by atoms with Gasteiger partial charge in [-0.3, -0.25) is 0 Å². The Kier molecular flexibility index (Phi) is 2.32. The van der Waals surface area contributed by atoms with Crippen molar-refractivity contribution < 1.29 is 9.90 Å². The molecule has 1 N–H and O–H groups in total. The number of hydrogen-bond acceptors (Lipinski definition) is 2. The summed E-state index contributed by atoms with van der Waals surface area (Å²) in [7, 11) is 0. The molecule has 1 aromatic carbocycles. The maximum absolute atomic E-state index is 10.8. The predicted molar refractivity (Wildman–Crippen MR) is 58.4 cm³/mol. The van der Waals surface area contributed by atoms with Crippen LogP contribution >= 0.6 is 11.6 Å². The number of carboxylic acids is 1. The summed E-state index contributed by atoms with van der Waals surface area (Å²) in [5.74, 6) is -1.02. The SMILES string of the molecule is Cc1cc(C(=O)O)nc2ccc(Cl)cc12. The maximum atomic E-state index is 10.8. The fourth-order valence-electron chi connectivity index (χ4n) is 1.48. The zero-order chi connectivity index (χ0) is 11.0. The van der Waals surface area contributed by atoms with Crippen LogP contribution in [-0.2, 0) is 0 Å². The second-order valence-electron chi connectivity index (χ2n) is 3.29. The van der Waals surface area contributed by atoms with Crippen molar-refractivity contribution in [2.45, 2.75) is 6.92 Å². The summed E-state index contributed by atoms with van der Waals surface area (Å²) in [6.07, 6.45) is 0. The Balaban J connectivity index is 2.78. The molecular formula is C11H8ClNO2. The van der Waals surface area contributed by atoms with E-state index in [1.807, 2.05) is 6.92 Å². The topological polar surface area (TPSA) is 50.2 Å². The molecule has 15 heavy (non-hydrogen) atoms. The highest BCUT2D eigenvalue weighted by Gasteiger charge is 2.08. The van der Waals surface area contributed by atoms with E-state index in [4.69, 9.17) is 16.7 Å². The van der Waals surface area contributed by atoms with Crippen LogP contribution < -0.4 is 0 Å². The van der Waals surface area contributed by atoms with E-state index in [2.05, 4.69) is 4.98 Å². The number of benzene rings is 1. The third-order valence-corrected chi connectivity index (χ3v) is 2.43. The molecule has 0 aliphatic carbocycles. The molecule has 0 unspecified atom stereocenters. The summed E-state index contributed by atoms with van der Waals surface area (Å²) in [5.41, 5.74) is 1.57. The number of rotatable bonds is 1. The molecule has 0 aliphatic rings. The van der Waals surface area contributed by atoms with Gasteiger partial charge in [0.1, 0.15) is 5.69 Å². The Morgan fingerprint density at radius 1 is 1.40 bits per heavy atom. The standard InChI is InChI=1S/C11H8ClNO2/c1-6-4-10(11(14)15)13-9-3-2-7(12)5-8(6)9/h2-5H,1H3,(H,14,15). The number of fused-ring (bicyclic) bond motifs is 1. The molecule has 0 saturated heterocycles. The number of nitrogens with zero attached hydrogens (tertiary/aromatic N) is 1. The van der Waals surface area contributed by atoms with Crippen molar-refractivity contribution in [2.24, 2.45) is 0 Å². The number of aromatic nitrogens is 1. The Morgan fingerprint density at radius 2 is 2.13 bits per heavy atom. The number of carboxylic acid groups (broad SMARTS) is 1. The van der Waals surface area contributed by atoms with Gasteiger partial charge in [0.05, 0.1) is 5.52 Å². The molecule has 76 valence electrons. The van der Waals surface area contributed by atoms with Crippen molar-refractivity contribution in [3.8, 4) is 0 Å². The molecule has 2 aromatic rings. The van der Waals surface area contributed by atoms with Gasteiger partial charge in [-0.2, -0.15) is 0 Å². The van der Waals surface area contributed by atoms with Crippen molar-refractivity contribution >= 4 is 28.5 Å². The first-order valence-corrected chi connectivity index (χ1v) is 4.76. The Bertz CT molecular complexity index is 552. The van der Waals surface area contributed by atoms with Gasteiger partial charge in [0, 0.05) is 10.4 Å². The van der Waals surface area contributed by atoms with Crippen LogP contribution in [0.25, 0.3) is 10.9 Å². The van der Waals surface area contributed by atoms with Gasteiger partial charge in [0.25, 0.3) is 0 Å². The fraction of sp³-hybridized carbons (Fsp3) is 0.0909. The highest BCUT2D eigenvalue weighted by molar-refractivity contribution is 6.31. The molecular weight excluding hydrogens is 214 g/mol. The van der Waals surface area contributed by atoms with E-state index in [9.17, 15) is 4.79 Å². The molecule has 0 radical (unpaired) electrons. The molecule has 3 nitrogen and oxygen atoms in total. The third-order valence-electron chi connectivity index (χ3n) is 2.20. The lowest BCUT2D eigenvalue weighted by molar-refractivity contribution is 0.0691. The second kappa shape index (κ2) is 3.51. The van der Waals surface area contributed by atoms with E-state index < -0.39 is 5.97 Å². The lowest BCUT2D eigenvalue weighted by Crippen LogP contribution is -2.01. The zero-order valence-corrected chi connectivity index (χ0v) is 8.75. The lowest BCUT2D eigenvalue weighted by atomic mass is 10.1. The molecule has 0 aliphatic heterocycles. The first-order valence-electron chi connectivity index (χ1n) is 4.38. The lowest BCUT2D eigenvalue weighted by Gasteiger charge is -2.03. The summed E-state index contributed by atoms with van der Waals surface area (Å²) in [4.78, 5) is 14.8. The van der Waals surface area contributed by atoms with Crippen LogP contribution in [0.15, 0.2) is 24.3 Å². The normalized spacial score (nSPS) is 10.5. The molecule has 1 aromatic heterocycles. The van der Waals surface area contributed by atoms with Gasteiger partial charge in [-0.05, 0) is 36.8 Å². The molecule has 1 heterocycles. The monoisotopic (exact) mass is 221 g/mol. The van der Waals surface area contributed by atoms with Crippen LogP contribution in [0, 0.1) is 6.92 Å². The average molecular weight is 222 g/mol. The van der Waals surface area contributed by atoms with Crippen molar-refractivity contribution in [2.75, 3.05) is 0 Å². The number of hydrogen-bond donors (Lipinski definition) is 1. The quantitative estimate of drug-likeness (QED) is 0.806. The summed E-state index contributed by atoms with van der Waals surface area (Å²) >= 11 is 5.85. The van der Waals surface area contributed by atoms with E-state index in [0.717, 1.165) is 10.9 Å². The van der Waals surface area contributed by atoms with E-state index >= 15 is 0 Å². The smallest absolute Gasteiger partial charge is 0.354 e. The van der Waals surface area contributed by atoms with Crippen LogP contribution in [0.2, 0.25) is 5.02 Å². The molecule has 0 amide bonds. The minimum Gasteiger partial charge on any atom is -0.477 e. The Hall–Kier alpha value is -1.61.